The van der Waals surface area contributed by atoms with E-state index in [1.54, 1.807) is 0 Å². The zero-order chi connectivity index (χ0) is 15.0. The van der Waals surface area contributed by atoms with Crippen molar-refractivity contribution in [2.75, 3.05) is 13.2 Å². The number of hydrogen-bond donors (Lipinski definition) is 2. The average Bonchev–Trinajstić information content (AvgIpc) is 2.99. The van der Waals surface area contributed by atoms with E-state index < -0.39 is 5.60 Å². The van der Waals surface area contributed by atoms with Gasteiger partial charge in [0, 0.05) is 30.5 Å². The van der Waals surface area contributed by atoms with Crippen molar-refractivity contribution in [3.8, 4) is 0 Å². The van der Waals surface area contributed by atoms with E-state index in [-0.39, 0.29) is 18.6 Å². The lowest BCUT2D eigenvalue weighted by Gasteiger charge is -2.25. The molecule has 112 valence electrons. The molecular weight excluding hydrogens is 270 g/mol. The minimum Gasteiger partial charge on any atom is -0.451 e. The molecule has 0 bridgehead atoms. The quantitative estimate of drug-likeness (QED) is 0.906. The van der Waals surface area contributed by atoms with Crippen LogP contribution in [0.25, 0.3) is 11.0 Å². The molecule has 0 spiro atoms. The smallest absolute Gasteiger partial charge is 0.287 e. The molecule has 1 aliphatic heterocycles. The second-order valence-electron chi connectivity index (χ2n) is 5.60. The molecule has 5 nitrogen and oxygen atoms in total. The van der Waals surface area contributed by atoms with Crippen molar-refractivity contribution in [2.45, 2.75) is 32.0 Å². The molecule has 0 saturated carbocycles. The largest absolute Gasteiger partial charge is 0.451 e. The Balaban J connectivity index is 1.77. The minimum atomic E-state index is -1.00. The molecule has 1 fully saturated rings. The van der Waals surface area contributed by atoms with Gasteiger partial charge < -0.3 is 19.6 Å². The number of nitrogens with one attached hydrogen (secondary N) is 1. The van der Waals surface area contributed by atoms with Gasteiger partial charge in [0.05, 0.1) is 6.10 Å². The number of benzene rings is 1. The van der Waals surface area contributed by atoms with Crippen molar-refractivity contribution >= 4 is 16.9 Å². The third-order valence-corrected chi connectivity index (χ3v) is 4.26. The SMILES string of the molecule is Cc1c(C(=O)NCC2(O)CCOC2C)oc2ccccc12. The molecule has 5 heteroatoms. The third kappa shape index (κ3) is 2.43. The highest BCUT2D eigenvalue weighted by Gasteiger charge is 2.40. The van der Waals surface area contributed by atoms with E-state index in [0.717, 1.165) is 10.9 Å². The van der Waals surface area contributed by atoms with Crippen LogP contribution < -0.4 is 5.32 Å². The van der Waals surface area contributed by atoms with Gasteiger partial charge in [0.25, 0.3) is 5.91 Å². The summed E-state index contributed by atoms with van der Waals surface area (Å²) < 4.78 is 11.0. The molecule has 1 aromatic heterocycles. The lowest BCUT2D eigenvalue weighted by atomic mass is 9.96. The van der Waals surface area contributed by atoms with Crippen molar-refractivity contribution in [3.63, 3.8) is 0 Å². The fourth-order valence-corrected chi connectivity index (χ4v) is 2.71. The molecule has 1 amide bonds. The summed E-state index contributed by atoms with van der Waals surface area (Å²) in [6.07, 6.45) is 0.239. The summed E-state index contributed by atoms with van der Waals surface area (Å²) in [7, 11) is 0. The van der Waals surface area contributed by atoms with Crippen LogP contribution in [0.2, 0.25) is 0 Å². The fraction of sp³-hybridized carbons (Fsp3) is 0.438. The number of amides is 1. The summed E-state index contributed by atoms with van der Waals surface area (Å²) in [6, 6.07) is 7.53. The lowest BCUT2D eigenvalue weighted by molar-refractivity contribution is -0.0252. The van der Waals surface area contributed by atoms with Crippen LogP contribution in [0.15, 0.2) is 28.7 Å². The fourth-order valence-electron chi connectivity index (χ4n) is 2.71. The molecule has 0 radical (unpaired) electrons. The minimum absolute atomic E-state index is 0.156. The Hall–Kier alpha value is -1.85. The Kier molecular flexibility index (Phi) is 3.47. The summed E-state index contributed by atoms with van der Waals surface area (Å²) in [5.41, 5.74) is 0.498. The maximum Gasteiger partial charge on any atom is 0.287 e. The van der Waals surface area contributed by atoms with E-state index in [4.69, 9.17) is 9.15 Å². The van der Waals surface area contributed by atoms with Crippen molar-refractivity contribution in [3.05, 3.63) is 35.6 Å². The number of aliphatic hydroxyl groups is 1. The molecule has 0 aliphatic carbocycles. The van der Waals surface area contributed by atoms with Gasteiger partial charge in [-0.15, -0.1) is 0 Å². The zero-order valence-electron chi connectivity index (χ0n) is 12.2. The second kappa shape index (κ2) is 5.16. The molecule has 2 aromatic rings. The van der Waals surface area contributed by atoms with Crippen LogP contribution >= 0.6 is 0 Å². The number of rotatable bonds is 3. The van der Waals surface area contributed by atoms with E-state index in [9.17, 15) is 9.90 Å². The maximum absolute atomic E-state index is 12.3. The van der Waals surface area contributed by atoms with E-state index in [0.29, 0.717) is 24.4 Å². The molecule has 1 aromatic carbocycles. The van der Waals surface area contributed by atoms with E-state index >= 15 is 0 Å². The van der Waals surface area contributed by atoms with Gasteiger partial charge in [0.2, 0.25) is 0 Å². The van der Waals surface area contributed by atoms with Crippen molar-refractivity contribution in [2.24, 2.45) is 0 Å². The number of furan rings is 1. The molecule has 2 N–H and O–H groups in total. The van der Waals surface area contributed by atoms with Gasteiger partial charge in [0.15, 0.2) is 5.76 Å². The summed E-state index contributed by atoms with van der Waals surface area (Å²) in [4.78, 5) is 12.3. The third-order valence-electron chi connectivity index (χ3n) is 4.26. The molecule has 1 aliphatic rings. The van der Waals surface area contributed by atoms with Crippen molar-refractivity contribution in [1.82, 2.24) is 5.32 Å². The van der Waals surface area contributed by atoms with Gasteiger partial charge in [-0.25, -0.2) is 0 Å². The first-order valence-corrected chi connectivity index (χ1v) is 7.11. The summed E-state index contributed by atoms with van der Waals surface area (Å²) in [5.74, 6) is -0.0115. The van der Waals surface area contributed by atoms with Gasteiger partial charge >= 0.3 is 0 Å². The number of aryl methyl sites for hydroxylation is 1. The lowest BCUT2D eigenvalue weighted by Crippen LogP contribution is -2.47. The number of fused-ring (bicyclic) bond motifs is 1. The standard InChI is InChI=1S/C16H19NO4/c1-10-12-5-3-4-6-13(12)21-14(10)15(18)17-9-16(19)7-8-20-11(16)2/h3-6,11,19H,7-9H2,1-2H3,(H,17,18). The maximum atomic E-state index is 12.3. The van der Waals surface area contributed by atoms with Crippen LogP contribution in [0, 0.1) is 6.92 Å². The molecule has 1 saturated heterocycles. The number of hydrogen-bond acceptors (Lipinski definition) is 4. The van der Waals surface area contributed by atoms with E-state index in [2.05, 4.69) is 5.32 Å². The monoisotopic (exact) mass is 289 g/mol. The van der Waals surface area contributed by atoms with Gasteiger partial charge in [-0.05, 0) is 19.9 Å². The Morgan fingerprint density at radius 2 is 2.24 bits per heavy atom. The van der Waals surface area contributed by atoms with Crippen LogP contribution in [0.4, 0.5) is 0 Å². The van der Waals surface area contributed by atoms with Crippen molar-refractivity contribution < 1.29 is 19.1 Å². The normalized spacial score (nSPS) is 25.4. The van der Waals surface area contributed by atoms with Crippen LogP contribution in [0.5, 0.6) is 0 Å². The molecule has 3 rings (SSSR count). The highest BCUT2D eigenvalue weighted by molar-refractivity contribution is 5.98. The summed E-state index contributed by atoms with van der Waals surface area (Å²) in [6.45, 7) is 4.34. The number of carbonyl (C=O) groups is 1. The first-order chi connectivity index (χ1) is 10.0. The Morgan fingerprint density at radius 3 is 2.90 bits per heavy atom. The van der Waals surface area contributed by atoms with Gasteiger partial charge in [-0.1, -0.05) is 18.2 Å². The number of carbonyl (C=O) groups excluding carboxylic acids is 1. The predicted octanol–water partition coefficient (Wildman–Crippen LogP) is 2.01. The Labute approximate surface area is 122 Å². The topological polar surface area (TPSA) is 71.7 Å². The molecule has 2 heterocycles. The van der Waals surface area contributed by atoms with Gasteiger partial charge in [0.1, 0.15) is 11.2 Å². The van der Waals surface area contributed by atoms with E-state index in [1.165, 1.54) is 0 Å². The van der Waals surface area contributed by atoms with Crippen LogP contribution in [0.1, 0.15) is 29.5 Å². The number of ether oxygens (including phenoxy) is 1. The Bertz CT molecular complexity index is 678. The highest BCUT2D eigenvalue weighted by atomic mass is 16.5. The highest BCUT2D eigenvalue weighted by Crippen LogP contribution is 2.26. The second-order valence-corrected chi connectivity index (χ2v) is 5.60. The first kappa shape index (κ1) is 14.1. The Morgan fingerprint density at radius 1 is 1.48 bits per heavy atom. The van der Waals surface area contributed by atoms with Crippen LogP contribution in [0.3, 0.4) is 0 Å². The average molecular weight is 289 g/mol. The summed E-state index contributed by atoms with van der Waals surface area (Å²) in [5, 5.41) is 14.1. The first-order valence-electron chi connectivity index (χ1n) is 7.11. The molecule has 2 atom stereocenters. The summed E-state index contributed by atoms with van der Waals surface area (Å²) >= 11 is 0. The molecule has 21 heavy (non-hydrogen) atoms. The van der Waals surface area contributed by atoms with Crippen molar-refractivity contribution in [1.29, 1.82) is 0 Å². The van der Waals surface area contributed by atoms with Gasteiger partial charge in [-0.2, -0.15) is 0 Å². The van der Waals surface area contributed by atoms with Gasteiger partial charge in [-0.3, -0.25) is 4.79 Å². The predicted molar refractivity (Wildman–Crippen MR) is 78.3 cm³/mol. The van der Waals surface area contributed by atoms with Crippen LogP contribution in [-0.2, 0) is 4.74 Å². The molecule has 2 unspecified atom stereocenters. The number of para-hydroxylation sites is 1. The van der Waals surface area contributed by atoms with Crippen LogP contribution in [-0.4, -0.2) is 35.9 Å². The molecular formula is C16H19NO4. The van der Waals surface area contributed by atoms with E-state index in [1.807, 2.05) is 38.1 Å². The zero-order valence-corrected chi connectivity index (χ0v) is 12.2.